The number of hydrogen-bond acceptors (Lipinski definition) is 4. The first-order chi connectivity index (χ1) is 9.73. The number of carbonyl (C=O) groups is 1. The van der Waals surface area contributed by atoms with E-state index in [2.05, 4.69) is 5.32 Å². The van der Waals surface area contributed by atoms with Crippen molar-refractivity contribution < 1.29 is 14.3 Å². The van der Waals surface area contributed by atoms with Gasteiger partial charge in [0.05, 0.1) is 7.11 Å². The first kappa shape index (κ1) is 17.5. The van der Waals surface area contributed by atoms with Crippen LogP contribution >= 0.6 is 0 Å². The Morgan fingerprint density at radius 3 is 2.43 bits per heavy atom. The molecule has 1 rings (SSSR count). The zero-order chi connectivity index (χ0) is 16.0. The van der Waals surface area contributed by atoms with Crippen LogP contribution in [0.25, 0.3) is 0 Å². The van der Waals surface area contributed by atoms with Crippen LogP contribution in [0.1, 0.15) is 40.2 Å². The second kappa shape index (κ2) is 7.46. The van der Waals surface area contributed by atoms with Crippen LogP contribution in [-0.2, 0) is 16.0 Å². The van der Waals surface area contributed by atoms with Crippen LogP contribution in [-0.4, -0.2) is 30.8 Å². The summed E-state index contributed by atoms with van der Waals surface area (Å²) >= 11 is 0. The molecule has 2 atom stereocenters. The van der Waals surface area contributed by atoms with Crippen molar-refractivity contribution in [3.63, 3.8) is 0 Å². The highest BCUT2D eigenvalue weighted by atomic mass is 16.6. The van der Waals surface area contributed by atoms with Crippen molar-refractivity contribution in [3.8, 4) is 5.75 Å². The first-order valence-corrected chi connectivity index (χ1v) is 7.33. The summed E-state index contributed by atoms with van der Waals surface area (Å²) in [4.78, 5) is 12.0. The highest BCUT2D eigenvalue weighted by molar-refractivity contribution is 5.75. The lowest BCUT2D eigenvalue weighted by Crippen LogP contribution is -2.44. The minimum atomic E-state index is -0.459. The molecule has 0 radical (unpaired) electrons. The van der Waals surface area contributed by atoms with Gasteiger partial charge in [0.1, 0.15) is 17.4 Å². The van der Waals surface area contributed by atoms with Gasteiger partial charge in [0, 0.05) is 6.04 Å². The van der Waals surface area contributed by atoms with Gasteiger partial charge in [0.25, 0.3) is 0 Å². The normalized spacial score (nSPS) is 14.4. The Labute approximate surface area is 127 Å². The van der Waals surface area contributed by atoms with E-state index in [9.17, 15) is 4.79 Å². The van der Waals surface area contributed by atoms with E-state index in [1.165, 1.54) is 0 Å². The molecule has 0 aliphatic heterocycles. The fourth-order valence-electron chi connectivity index (χ4n) is 2.15. The summed E-state index contributed by atoms with van der Waals surface area (Å²) in [6.07, 6.45) is 0.789. The lowest BCUT2D eigenvalue weighted by Gasteiger charge is -2.25. The van der Waals surface area contributed by atoms with Crippen LogP contribution in [0.5, 0.6) is 5.75 Å². The van der Waals surface area contributed by atoms with Crippen molar-refractivity contribution >= 4 is 5.97 Å². The fraction of sp³-hybridized carbons (Fsp3) is 0.588. The van der Waals surface area contributed by atoms with Crippen molar-refractivity contribution in [1.29, 1.82) is 0 Å². The molecule has 0 saturated carbocycles. The van der Waals surface area contributed by atoms with Crippen LogP contribution < -0.4 is 10.1 Å². The highest BCUT2D eigenvalue weighted by Crippen LogP contribution is 2.19. The Hall–Kier alpha value is -1.55. The van der Waals surface area contributed by atoms with Crippen molar-refractivity contribution in [2.24, 2.45) is 0 Å². The standard InChI is InChI=1S/C17H27NO3/c1-12(11-14-9-7-8-10-15(14)20-6)18-13(2)16(19)21-17(3,4)5/h7-10,12-13,18H,11H2,1-6H3/t12-,13-/m0/s1. The van der Waals surface area contributed by atoms with Gasteiger partial charge in [0.2, 0.25) is 0 Å². The van der Waals surface area contributed by atoms with Crippen molar-refractivity contribution in [3.05, 3.63) is 29.8 Å². The zero-order valence-electron chi connectivity index (χ0n) is 13.9. The predicted molar refractivity (Wildman–Crippen MR) is 84.6 cm³/mol. The number of benzene rings is 1. The second-order valence-electron chi connectivity index (χ2n) is 6.34. The van der Waals surface area contributed by atoms with Gasteiger partial charge >= 0.3 is 5.97 Å². The minimum absolute atomic E-state index is 0.142. The molecule has 0 aliphatic carbocycles. The van der Waals surface area contributed by atoms with Crippen molar-refractivity contribution in [1.82, 2.24) is 5.32 Å². The quantitative estimate of drug-likeness (QED) is 0.819. The Balaban J connectivity index is 2.57. The Morgan fingerprint density at radius 2 is 1.86 bits per heavy atom. The third-order valence-electron chi connectivity index (χ3n) is 3.01. The van der Waals surface area contributed by atoms with E-state index in [1.54, 1.807) is 7.11 Å². The molecule has 0 aromatic heterocycles. The lowest BCUT2D eigenvalue weighted by molar-refractivity contribution is -0.157. The predicted octanol–water partition coefficient (Wildman–Crippen LogP) is 2.95. The SMILES string of the molecule is COc1ccccc1C[C@H](C)N[C@@H](C)C(=O)OC(C)(C)C. The summed E-state index contributed by atoms with van der Waals surface area (Å²) in [6, 6.07) is 7.72. The number of ether oxygens (including phenoxy) is 2. The van der Waals surface area contributed by atoms with Crippen LogP contribution in [0.2, 0.25) is 0 Å². The van der Waals surface area contributed by atoms with E-state index >= 15 is 0 Å². The molecule has 0 unspecified atom stereocenters. The molecule has 1 N–H and O–H groups in total. The van der Waals surface area contributed by atoms with E-state index in [0.717, 1.165) is 17.7 Å². The number of para-hydroxylation sites is 1. The first-order valence-electron chi connectivity index (χ1n) is 7.33. The molecule has 0 aliphatic rings. The molecule has 0 amide bonds. The van der Waals surface area contributed by atoms with Gasteiger partial charge < -0.3 is 14.8 Å². The van der Waals surface area contributed by atoms with Crippen LogP contribution in [0.15, 0.2) is 24.3 Å². The smallest absolute Gasteiger partial charge is 0.323 e. The molecule has 118 valence electrons. The van der Waals surface area contributed by atoms with E-state index in [1.807, 2.05) is 58.9 Å². The summed E-state index contributed by atoms with van der Waals surface area (Å²) in [7, 11) is 1.67. The average molecular weight is 293 g/mol. The van der Waals surface area contributed by atoms with Gasteiger partial charge in [-0.2, -0.15) is 0 Å². The Kier molecular flexibility index (Phi) is 6.21. The monoisotopic (exact) mass is 293 g/mol. The highest BCUT2D eigenvalue weighted by Gasteiger charge is 2.22. The Bertz CT molecular complexity index is 465. The summed E-state index contributed by atoms with van der Waals surface area (Å²) in [6.45, 7) is 9.49. The molecule has 4 heteroatoms. The van der Waals surface area contributed by atoms with Gasteiger partial charge in [-0.3, -0.25) is 4.79 Å². The summed E-state index contributed by atoms with van der Waals surface area (Å²) in [5.41, 5.74) is 0.662. The lowest BCUT2D eigenvalue weighted by atomic mass is 10.1. The molecule has 4 nitrogen and oxygen atoms in total. The number of hydrogen-bond donors (Lipinski definition) is 1. The molecule has 0 saturated heterocycles. The maximum absolute atomic E-state index is 12.0. The van der Waals surface area contributed by atoms with Crippen LogP contribution in [0.3, 0.4) is 0 Å². The summed E-state index contributed by atoms with van der Waals surface area (Å²) in [5, 5.41) is 3.27. The molecule has 0 heterocycles. The minimum Gasteiger partial charge on any atom is -0.496 e. The Morgan fingerprint density at radius 1 is 1.24 bits per heavy atom. The summed E-state index contributed by atoms with van der Waals surface area (Å²) < 4.78 is 10.7. The maximum atomic E-state index is 12.0. The van der Waals surface area contributed by atoms with Gasteiger partial charge in [-0.05, 0) is 52.7 Å². The summed E-state index contributed by atoms with van der Waals surface area (Å²) in [5.74, 6) is 0.644. The third-order valence-corrected chi connectivity index (χ3v) is 3.01. The van der Waals surface area contributed by atoms with E-state index in [-0.39, 0.29) is 18.1 Å². The zero-order valence-corrected chi connectivity index (χ0v) is 13.9. The van der Waals surface area contributed by atoms with Gasteiger partial charge in [-0.15, -0.1) is 0 Å². The molecule has 1 aromatic carbocycles. The largest absolute Gasteiger partial charge is 0.496 e. The molecule has 0 bridgehead atoms. The number of esters is 1. The number of carbonyl (C=O) groups excluding carboxylic acids is 1. The molecular weight excluding hydrogens is 266 g/mol. The molecule has 1 aromatic rings. The van der Waals surface area contributed by atoms with Crippen LogP contribution in [0.4, 0.5) is 0 Å². The van der Waals surface area contributed by atoms with Gasteiger partial charge in [0.15, 0.2) is 0 Å². The van der Waals surface area contributed by atoms with Crippen molar-refractivity contribution in [2.45, 2.75) is 58.7 Å². The number of rotatable bonds is 6. The van der Waals surface area contributed by atoms with Crippen LogP contribution in [0, 0.1) is 0 Å². The molecule has 0 spiro atoms. The topological polar surface area (TPSA) is 47.6 Å². The van der Waals surface area contributed by atoms with Gasteiger partial charge in [-0.25, -0.2) is 0 Å². The average Bonchev–Trinajstić information content (AvgIpc) is 2.37. The van der Waals surface area contributed by atoms with Crippen molar-refractivity contribution in [2.75, 3.05) is 7.11 Å². The molecular formula is C17H27NO3. The molecule has 21 heavy (non-hydrogen) atoms. The molecule has 0 fully saturated rings. The van der Waals surface area contributed by atoms with E-state index < -0.39 is 5.60 Å². The number of methoxy groups -OCH3 is 1. The van der Waals surface area contributed by atoms with E-state index in [0.29, 0.717) is 0 Å². The van der Waals surface area contributed by atoms with E-state index in [4.69, 9.17) is 9.47 Å². The number of nitrogens with one attached hydrogen (secondary N) is 1. The second-order valence-corrected chi connectivity index (χ2v) is 6.34. The fourth-order valence-corrected chi connectivity index (χ4v) is 2.15. The van der Waals surface area contributed by atoms with Gasteiger partial charge in [-0.1, -0.05) is 18.2 Å². The maximum Gasteiger partial charge on any atom is 0.323 e. The third kappa shape index (κ3) is 6.17.